The van der Waals surface area contributed by atoms with Gasteiger partial charge in [0.1, 0.15) is 91.6 Å². The van der Waals surface area contributed by atoms with Crippen LogP contribution < -0.4 is 0 Å². The van der Waals surface area contributed by atoms with Gasteiger partial charge in [0.25, 0.3) is 0 Å². The molecule has 22 nitrogen and oxygen atoms in total. The van der Waals surface area contributed by atoms with Crippen molar-refractivity contribution in [2.45, 2.75) is 248 Å². The van der Waals surface area contributed by atoms with Crippen LogP contribution in [0.25, 0.3) is 0 Å². The summed E-state index contributed by atoms with van der Waals surface area (Å²) in [5.41, 5.74) is -0.300. The number of ether oxygens (including phenoxy) is 8. The molecule has 0 aromatic carbocycles. The van der Waals surface area contributed by atoms with Crippen LogP contribution in [0.15, 0.2) is 11.6 Å². The highest BCUT2D eigenvalue weighted by Crippen LogP contribution is 2.76. The minimum atomic E-state index is -1.99. The lowest BCUT2D eigenvalue weighted by atomic mass is 9.33. The van der Waals surface area contributed by atoms with Crippen molar-refractivity contribution in [3.63, 3.8) is 0 Å². The van der Waals surface area contributed by atoms with Crippen LogP contribution in [0.3, 0.4) is 0 Å². The molecule has 4 saturated heterocycles. The summed E-state index contributed by atoms with van der Waals surface area (Å²) < 4.78 is 48.6. The average Bonchev–Trinajstić information content (AvgIpc) is 3.41. The van der Waals surface area contributed by atoms with Crippen molar-refractivity contribution in [2.24, 2.45) is 50.2 Å². The van der Waals surface area contributed by atoms with Gasteiger partial charge in [0.2, 0.25) is 0 Å². The number of hydrogen-bond donors (Lipinski definition) is 14. The Hall–Kier alpha value is -1.14. The van der Waals surface area contributed by atoms with E-state index in [0.717, 1.165) is 44.9 Å². The van der Waals surface area contributed by atoms with Gasteiger partial charge in [-0.05, 0) is 110 Å². The first-order valence-corrected chi connectivity index (χ1v) is 27.8. The van der Waals surface area contributed by atoms with Gasteiger partial charge in [0.05, 0.1) is 44.7 Å². The molecule has 22 heteroatoms. The fourth-order valence-corrected chi connectivity index (χ4v) is 16.6. The van der Waals surface area contributed by atoms with Gasteiger partial charge in [-0.25, -0.2) is 0 Å². The number of hydrogen-bond acceptors (Lipinski definition) is 22. The van der Waals surface area contributed by atoms with E-state index in [-0.39, 0.29) is 46.0 Å². The Kier molecular flexibility index (Phi) is 16.9. The molecule has 0 radical (unpaired) electrons. The number of aliphatic hydroxyl groups excluding tert-OH is 14. The molecule has 76 heavy (non-hydrogen) atoms. The highest BCUT2D eigenvalue weighted by Gasteiger charge is 2.70. The minimum absolute atomic E-state index is 0.0421. The molecule has 9 aliphatic rings. The third kappa shape index (κ3) is 9.61. The second kappa shape index (κ2) is 21.6. The number of allylic oxidation sites excluding steroid dienone is 2. The molecule has 0 aromatic heterocycles. The predicted octanol–water partition coefficient (Wildman–Crippen LogP) is -1.56. The second-order valence-corrected chi connectivity index (χ2v) is 26.5. The van der Waals surface area contributed by atoms with Crippen LogP contribution in [-0.4, -0.2) is 233 Å². The van der Waals surface area contributed by atoms with Crippen molar-refractivity contribution in [1.82, 2.24) is 0 Å². The molecule has 4 saturated carbocycles. The zero-order valence-corrected chi connectivity index (χ0v) is 45.2. The smallest absolute Gasteiger partial charge is 0.187 e. The van der Waals surface area contributed by atoms with E-state index in [1.54, 1.807) is 0 Å². The second-order valence-electron chi connectivity index (χ2n) is 26.5. The lowest BCUT2D eigenvalue weighted by molar-refractivity contribution is -0.395. The molecule has 8 fully saturated rings. The summed E-state index contributed by atoms with van der Waals surface area (Å²) in [7, 11) is 0. The standard InChI is InChI=1S/C54H90O22/c1-23-33(59)36(62)40(66)46(70-23)76-44-42(68)43(75-47-41(67)38(64)35(61)28(73-47)21-69-45-39(65)37(63)34(60)26(19-55)71-45)27(20-56)72-48(44)74-32-12-13-51(6)29(50(32,4)5)11-14-52(7)30(51)10-9-24-25-17-49(2,3)15-16-54(25,22-57)31(58)18-53(24,52)8/h9,23,25-48,55-68H,10-22H2,1-8H3/t23-,25-,26+,27+,28+,29-,30+,31+,32-,33-,34+,35+,36+,37-,38-,39+,40+,41+,42-,43+,44+,45+,46-,47-,48-,51-,52+,53+,54+/m0/s1. The first-order valence-electron chi connectivity index (χ1n) is 27.8. The van der Waals surface area contributed by atoms with E-state index in [9.17, 15) is 71.5 Å². The zero-order valence-electron chi connectivity index (χ0n) is 45.2. The fraction of sp³-hybridized carbons (Fsp3) is 0.963. The zero-order chi connectivity index (χ0) is 55.6. The van der Waals surface area contributed by atoms with Crippen molar-refractivity contribution in [1.29, 1.82) is 0 Å². The molecule has 0 unspecified atom stereocenters. The summed E-state index contributed by atoms with van der Waals surface area (Å²) >= 11 is 0. The summed E-state index contributed by atoms with van der Waals surface area (Å²) in [6, 6.07) is 0. The molecule has 438 valence electrons. The number of fused-ring (bicyclic) bond motifs is 7. The molecular weight excluding hydrogens is 1000 g/mol. The summed E-state index contributed by atoms with van der Waals surface area (Å²) in [5, 5.41) is 153. The summed E-state index contributed by atoms with van der Waals surface area (Å²) in [6.45, 7) is 15.3. The number of rotatable bonds is 12. The Morgan fingerprint density at radius 1 is 0.539 bits per heavy atom. The Balaban J connectivity index is 0.956. The maximum absolute atomic E-state index is 12.4. The molecule has 0 bridgehead atoms. The van der Waals surface area contributed by atoms with Gasteiger partial charge >= 0.3 is 0 Å². The maximum Gasteiger partial charge on any atom is 0.187 e. The third-order valence-electron chi connectivity index (χ3n) is 21.5. The molecule has 9 rings (SSSR count). The highest BCUT2D eigenvalue weighted by atomic mass is 16.8. The molecule has 14 N–H and O–H groups in total. The molecule has 0 amide bonds. The first-order chi connectivity index (χ1) is 35.5. The SMILES string of the molecule is C[C@@H]1O[C@@H](O[C@H]2[C@H](O[C@H]3CC[C@]4(C)[C@H]5CC=C6[C@@H]7CC(C)(C)CC[C@]7(CO)[C@H](O)C[C@@]6(C)[C@]5(C)CC[C@H]4C3(C)C)O[C@H](CO)[C@@H](O[C@@H]3O[C@H](CO[C@@H]4O[C@H](CO)[C@@H](O)[C@H](O)[C@H]4O)[C@@H](O)[C@H](O)[C@H]3O)[C@@H]2O)[C@H](O)[C@H](O)[C@H]1O. The van der Waals surface area contributed by atoms with Crippen LogP contribution in [0.1, 0.15) is 113 Å². The summed E-state index contributed by atoms with van der Waals surface area (Å²) in [4.78, 5) is 0. The van der Waals surface area contributed by atoms with Crippen LogP contribution in [0, 0.1) is 50.2 Å². The minimum Gasteiger partial charge on any atom is -0.396 e. The van der Waals surface area contributed by atoms with Gasteiger partial charge in [-0.3, -0.25) is 0 Å². The van der Waals surface area contributed by atoms with Crippen LogP contribution >= 0.6 is 0 Å². The van der Waals surface area contributed by atoms with E-state index < -0.39 is 166 Å². The van der Waals surface area contributed by atoms with Crippen LogP contribution in [0.4, 0.5) is 0 Å². The van der Waals surface area contributed by atoms with Crippen molar-refractivity contribution < 1.29 is 109 Å². The quantitative estimate of drug-likeness (QED) is 0.0776. The molecule has 4 aliphatic heterocycles. The van der Waals surface area contributed by atoms with Gasteiger partial charge in [-0.1, -0.05) is 60.1 Å². The van der Waals surface area contributed by atoms with E-state index in [1.807, 2.05) is 0 Å². The molecule has 29 atom stereocenters. The van der Waals surface area contributed by atoms with Crippen molar-refractivity contribution in [3.8, 4) is 0 Å². The maximum atomic E-state index is 12.4. The van der Waals surface area contributed by atoms with Crippen LogP contribution in [-0.2, 0) is 37.9 Å². The van der Waals surface area contributed by atoms with Gasteiger partial charge in [0.15, 0.2) is 25.2 Å². The fourth-order valence-electron chi connectivity index (χ4n) is 16.6. The number of aliphatic hydroxyl groups is 14. The molecule has 0 aromatic rings. The van der Waals surface area contributed by atoms with Gasteiger partial charge < -0.3 is 109 Å². The van der Waals surface area contributed by atoms with E-state index >= 15 is 0 Å². The first kappa shape index (κ1) is 59.5. The van der Waals surface area contributed by atoms with Crippen LogP contribution in [0.5, 0.6) is 0 Å². The lowest BCUT2D eigenvalue weighted by Gasteiger charge is -2.72. The van der Waals surface area contributed by atoms with Crippen molar-refractivity contribution in [2.75, 3.05) is 26.4 Å². The molecule has 0 spiro atoms. The predicted molar refractivity (Wildman–Crippen MR) is 263 cm³/mol. The normalized spacial score (nSPS) is 55.1. The lowest BCUT2D eigenvalue weighted by Crippen LogP contribution is -2.68. The molecule has 5 aliphatic carbocycles. The van der Waals surface area contributed by atoms with Gasteiger partial charge in [0, 0.05) is 5.41 Å². The van der Waals surface area contributed by atoms with Gasteiger partial charge in [-0.2, -0.15) is 0 Å². The Morgan fingerprint density at radius 2 is 1.12 bits per heavy atom. The van der Waals surface area contributed by atoms with E-state index in [2.05, 4.69) is 54.5 Å². The Bertz CT molecular complexity index is 2050. The van der Waals surface area contributed by atoms with Crippen molar-refractivity contribution >= 4 is 0 Å². The topological polar surface area (TPSA) is 357 Å². The highest BCUT2D eigenvalue weighted by molar-refractivity contribution is 5.35. The van der Waals surface area contributed by atoms with E-state index in [0.29, 0.717) is 12.8 Å². The van der Waals surface area contributed by atoms with Crippen LogP contribution in [0.2, 0.25) is 0 Å². The van der Waals surface area contributed by atoms with E-state index in [1.165, 1.54) is 12.5 Å². The summed E-state index contributed by atoms with van der Waals surface area (Å²) in [6.07, 6.45) is -24.9. The van der Waals surface area contributed by atoms with Crippen molar-refractivity contribution in [3.05, 3.63) is 11.6 Å². The Morgan fingerprint density at radius 3 is 1.76 bits per heavy atom. The third-order valence-corrected chi connectivity index (χ3v) is 21.5. The Labute approximate surface area is 444 Å². The van der Waals surface area contributed by atoms with Gasteiger partial charge in [-0.15, -0.1) is 0 Å². The molecular formula is C54H90O22. The summed E-state index contributed by atoms with van der Waals surface area (Å²) in [5.74, 6) is 0.425. The largest absolute Gasteiger partial charge is 0.396 e. The average molecular weight is 1090 g/mol. The van der Waals surface area contributed by atoms with E-state index in [4.69, 9.17) is 37.9 Å². The monoisotopic (exact) mass is 1090 g/mol. The molecule has 4 heterocycles.